The van der Waals surface area contributed by atoms with Gasteiger partial charge in [0.15, 0.2) is 0 Å². The predicted octanol–water partition coefficient (Wildman–Crippen LogP) is 3.91. The molecule has 0 aliphatic carbocycles. The molecule has 0 bridgehead atoms. The molecule has 0 aliphatic heterocycles. The molecule has 30 heavy (non-hydrogen) atoms. The molecular weight excluding hydrogens is 378 g/mol. The minimum absolute atomic E-state index is 0.130. The lowest BCUT2D eigenvalue weighted by Crippen LogP contribution is -2.30. The summed E-state index contributed by atoms with van der Waals surface area (Å²) < 4.78 is 6.84. The van der Waals surface area contributed by atoms with E-state index in [9.17, 15) is 4.79 Å². The van der Waals surface area contributed by atoms with Crippen LogP contribution in [0.4, 0.5) is 5.82 Å². The van der Waals surface area contributed by atoms with Crippen molar-refractivity contribution in [2.75, 3.05) is 18.9 Å². The van der Waals surface area contributed by atoms with Crippen LogP contribution in [-0.4, -0.2) is 39.3 Å². The highest BCUT2D eigenvalue weighted by atomic mass is 16.5. The fraction of sp³-hybridized carbons (Fsp3) is 0.174. The van der Waals surface area contributed by atoms with Gasteiger partial charge in [-0.05, 0) is 26.1 Å². The van der Waals surface area contributed by atoms with Crippen LogP contribution in [0.25, 0.3) is 16.9 Å². The van der Waals surface area contributed by atoms with Crippen LogP contribution in [-0.2, 0) is 11.3 Å². The lowest BCUT2D eigenvalue weighted by atomic mass is 10.1. The molecule has 0 atom stereocenters. The van der Waals surface area contributed by atoms with Crippen molar-refractivity contribution < 1.29 is 9.32 Å². The molecule has 0 fully saturated rings. The highest BCUT2D eigenvalue weighted by Gasteiger charge is 2.15. The van der Waals surface area contributed by atoms with E-state index in [1.807, 2.05) is 91.7 Å². The minimum Gasteiger partial charge on any atom is -0.361 e. The number of aromatic nitrogens is 3. The lowest BCUT2D eigenvalue weighted by Gasteiger charge is -2.15. The van der Waals surface area contributed by atoms with E-state index in [4.69, 9.17) is 9.62 Å². The molecule has 7 heteroatoms. The van der Waals surface area contributed by atoms with Crippen LogP contribution >= 0.6 is 0 Å². The number of hydrogen-bond donors (Lipinski definition) is 1. The Morgan fingerprint density at radius 3 is 2.43 bits per heavy atom. The number of aryl methyl sites for hydroxylation is 1. The maximum Gasteiger partial charge on any atom is 0.239 e. The Labute approximate surface area is 174 Å². The number of likely N-dealkylation sites (N-methyl/N-ethyl adjacent to an activating group) is 1. The number of hydrogen-bond acceptors (Lipinski definition) is 5. The van der Waals surface area contributed by atoms with Crippen molar-refractivity contribution in [3.63, 3.8) is 0 Å². The standard InChI is InChI=1S/C23H23N5O2/c1-17-13-19(26-30-17)15-27(2)16-23(29)24-22-14-21(18-9-5-3-6-10-18)25-28(22)20-11-7-4-8-12-20/h3-14H,15-16H2,1-2H3,(H,24,29). The number of carbonyl (C=O) groups is 1. The number of carbonyl (C=O) groups excluding carboxylic acids is 1. The van der Waals surface area contributed by atoms with E-state index in [0.29, 0.717) is 12.4 Å². The maximum atomic E-state index is 12.7. The number of amides is 1. The molecule has 4 rings (SSSR count). The van der Waals surface area contributed by atoms with Crippen molar-refractivity contribution in [1.82, 2.24) is 19.8 Å². The van der Waals surface area contributed by atoms with Crippen LogP contribution in [0.3, 0.4) is 0 Å². The number of anilines is 1. The van der Waals surface area contributed by atoms with Crippen molar-refractivity contribution >= 4 is 11.7 Å². The fourth-order valence-electron chi connectivity index (χ4n) is 3.24. The van der Waals surface area contributed by atoms with Crippen LogP contribution in [0, 0.1) is 6.92 Å². The monoisotopic (exact) mass is 401 g/mol. The van der Waals surface area contributed by atoms with E-state index in [0.717, 1.165) is 28.4 Å². The van der Waals surface area contributed by atoms with Gasteiger partial charge in [-0.3, -0.25) is 9.69 Å². The van der Waals surface area contributed by atoms with Crippen LogP contribution in [0.5, 0.6) is 0 Å². The summed E-state index contributed by atoms with van der Waals surface area (Å²) >= 11 is 0. The van der Waals surface area contributed by atoms with E-state index in [1.165, 1.54) is 0 Å². The predicted molar refractivity (Wildman–Crippen MR) is 115 cm³/mol. The van der Waals surface area contributed by atoms with Gasteiger partial charge in [0.1, 0.15) is 11.6 Å². The van der Waals surface area contributed by atoms with Gasteiger partial charge in [0.2, 0.25) is 5.91 Å². The maximum absolute atomic E-state index is 12.7. The van der Waals surface area contributed by atoms with Gasteiger partial charge in [-0.25, -0.2) is 4.68 Å². The summed E-state index contributed by atoms with van der Waals surface area (Å²) in [7, 11) is 1.87. The molecule has 4 aromatic rings. The molecule has 1 N–H and O–H groups in total. The Balaban J connectivity index is 1.53. The van der Waals surface area contributed by atoms with Gasteiger partial charge < -0.3 is 9.84 Å². The van der Waals surface area contributed by atoms with Crippen LogP contribution in [0.1, 0.15) is 11.5 Å². The van der Waals surface area contributed by atoms with E-state index >= 15 is 0 Å². The molecule has 0 spiro atoms. The average molecular weight is 401 g/mol. The van der Waals surface area contributed by atoms with E-state index in [1.54, 1.807) is 4.68 Å². The Kier molecular flexibility index (Phi) is 5.72. The molecule has 1 amide bonds. The first-order valence-corrected chi connectivity index (χ1v) is 9.70. The number of nitrogens with zero attached hydrogens (tertiary/aromatic N) is 4. The number of rotatable bonds is 7. The highest BCUT2D eigenvalue weighted by Crippen LogP contribution is 2.24. The van der Waals surface area contributed by atoms with Crippen molar-refractivity contribution in [2.24, 2.45) is 0 Å². The number of nitrogens with one attached hydrogen (secondary N) is 1. The lowest BCUT2D eigenvalue weighted by molar-refractivity contribution is -0.117. The van der Waals surface area contributed by atoms with Gasteiger partial charge >= 0.3 is 0 Å². The Bertz CT molecular complexity index is 1120. The van der Waals surface area contributed by atoms with Gasteiger partial charge in [-0.15, -0.1) is 0 Å². The fourth-order valence-corrected chi connectivity index (χ4v) is 3.24. The van der Waals surface area contributed by atoms with Crippen molar-refractivity contribution in [3.8, 4) is 16.9 Å². The first kappa shape index (κ1) is 19.6. The van der Waals surface area contributed by atoms with Crippen LogP contribution in [0.15, 0.2) is 77.3 Å². The zero-order valence-corrected chi connectivity index (χ0v) is 16.9. The van der Waals surface area contributed by atoms with E-state index in [2.05, 4.69) is 10.5 Å². The molecule has 0 radical (unpaired) electrons. The number of para-hydroxylation sites is 1. The third kappa shape index (κ3) is 4.64. The van der Waals surface area contributed by atoms with Crippen LogP contribution < -0.4 is 5.32 Å². The second kappa shape index (κ2) is 8.75. The normalized spacial score (nSPS) is 11.0. The highest BCUT2D eigenvalue weighted by molar-refractivity contribution is 5.92. The molecule has 0 unspecified atom stereocenters. The summed E-state index contributed by atoms with van der Waals surface area (Å²) in [4.78, 5) is 14.6. The Hall–Kier alpha value is -3.71. The molecule has 0 saturated carbocycles. The molecule has 2 aromatic carbocycles. The van der Waals surface area contributed by atoms with Gasteiger partial charge in [0.25, 0.3) is 0 Å². The first-order valence-electron chi connectivity index (χ1n) is 9.70. The van der Waals surface area contributed by atoms with Gasteiger partial charge in [-0.2, -0.15) is 5.10 Å². The molecule has 2 aromatic heterocycles. The minimum atomic E-state index is -0.130. The van der Waals surface area contributed by atoms with Gasteiger partial charge in [-0.1, -0.05) is 53.7 Å². The molecule has 2 heterocycles. The zero-order valence-electron chi connectivity index (χ0n) is 16.9. The smallest absolute Gasteiger partial charge is 0.239 e. The third-order valence-electron chi connectivity index (χ3n) is 4.57. The molecular formula is C23H23N5O2. The van der Waals surface area contributed by atoms with Crippen molar-refractivity contribution in [1.29, 1.82) is 0 Å². The van der Waals surface area contributed by atoms with E-state index in [-0.39, 0.29) is 12.5 Å². The number of benzene rings is 2. The SMILES string of the molecule is Cc1cc(CN(C)CC(=O)Nc2cc(-c3ccccc3)nn2-c2ccccc2)no1. The van der Waals surface area contributed by atoms with Crippen molar-refractivity contribution in [3.05, 3.63) is 84.3 Å². The third-order valence-corrected chi connectivity index (χ3v) is 4.57. The van der Waals surface area contributed by atoms with E-state index < -0.39 is 0 Å². The summed E-state index contributed by atoms with van der Waals surface area (Å²) in [5, 5.41) is 11.7. The van der Waals surface area contributed by atoms with Gasteiger partial charge in [0.05, 0.1) is 23.6 Å². The van der Waals surface area contributed by atoms with Crippen molar-refractivity contribution in [2.45, 2.75) is 13.5 Å². The summed E-state index contributed by atoms with van der Waals surface area (Å²) in [6.45, 7) is 2.59. The molecule has 0 aliphatic rings. The summed E-state index contributed by atoms with van der Waals surface area (Å²) in [5.41, 5.74) is 3.45. The van der Waals surface area contributed by atoms with Gasteiger partial charge in [0, 0.05) is 24.2 Å². The zero-order chi connectivity index (χ0) is 20.9. The second-order valence-corrected chi connectivity index (χ2v) is 7.18. The molecule has 0 saturated heterocycles. The summed E-state index contributed by atoms with van der Waals surface area (Å²) in [6, 6.07) is 23.4. The Morgan fingerprint density at radius 1 is 1.07 bits per heavy atom. The molecule has 7 nitrogen and oxygen atoms in total. The second-order valence-electron chi connectivity index (χ2n) is 7.18. The van der Waals surface area contributed by atoms with Crippen LogP contribution in [0.2, 0.25) is 0 Å². The average Bonchev–Trinajstić information content (AvgIpc) is 3.35. The first-order chi connectivity index (χ1) is 14.6. The molecule has 152 valence electrons. The summed E-state index contributed by atoms with van der Waals surface area (Å²) in [6.07, 6.45) is 0. The largest absolute Gasteiger partial charge is 0.361 e. The summed E-state index contributed by atoms with van der Waals surface area (Å²) in [5.74, 6) is 1.24. The topological polar surface area (TPSA) is 76.2 Å². The quantitative estimate of drug-likeness (QED) is 0.508. The Morgan fingerprint density at radius 2 is 1.77 bits per heavy atom.